The number of fused-ring (bicyclic) bond motifs is 6. The summed E-state index contributed by atoms with van der Waals surface area (Å²) in [6.07, 6.45) is 2.21. The molecule has 0 fully saturated rings. The van der Waals surface area contributed by atoms with Gasteiger partial charge in [-0.15, -0.1) is 0 Å². The lowest BCUT2D eigenvalue weighted by atomic mass is 9.76. The minimum atomic E-state index is 0.444. The molecule has 1 aliphatic carbocycles. The van der Waals surface area contributed by atoms with Crippen molar-refractivity contribution < 1.29 is 9.47 Å². The van der Waals surface area contributed by atoms with Gasteiger partial charge < -0.3 is 14.8 Å². The Bertz CT molecular complexity index is 711. The first-order valence-electron chi connectivity index (χ1n) is 7.86. The van der Waals surface area contributed by atoms with Gasteiger partial charge in [0.25, 0.3) is 0 Å². The Hall–Kier alpha value is -2.00. The van der Waals surface area contributed by atoms with Gasteiger partial charge in [-0.05, 0) is 47.2 Å². The van der Waals surface area contributed by atoms with Crippen LogP contribution in [0.4, 0.5) is 0 Å². The van der Waals surface area contributed by atoms with Crippen LogP contribution < -0.4 is 14.8 Å². The molecule has 2 atom stereocenters. The van der Waals surface area contributed by atoms with Crippen LogP contribution in [0, 0.1) is 0 Å². The molecule has 4 rings (SSSR count). The van der Waals surface area contributed by atoms with Gasteiger partial charge in [0.2, 0.25) is 0 Å². The Balaban J connectivity index is 1.89. The normalized spacial score (nSPS) is 22.3. The molecule has 0 amide bonds. The van der Waals surface area contributed by atoms with Crippen molar-refractivity contribution in [2.45, 2.75) is 31.3 Å². The van der Waals surface area contributed by atoms with Gasteiger partial charge in [0.05, 0.1) is 14.2 Å². The van der Waals surface area contributed by atoms with Crippen molar-refractivity contribution in [3.8, 4) is 11.5 Å². The molecule has 1 heterocycles. The average Bonchev–Trinajstić information content (AvgIpc) is 2.72. The highest BCUT2D eigenvalue weighted by molar-refractivity contribution is 5.53. The van der Waals surface area contributed by atoms with Crippen LogP contribution in [0.2, 0.25) is 0 Å². The Morgan fingerprint density at radius 1 is 0.955 bits per heavy atom. The van der Waals surface area contributed by atoms with Gasteiger partial charge in [-0.25, -0.2) is 0 Å². The fraction of sp³-hybridized carbons (Fsp3) is 0.368. The topological polar surface area (TPSA) is 30.5 Å². The van der Waals surface area contributed by atoms with Crippen LogP contribution in [0.15, 0.2) is 36.4 Å². The average molecular weight is 295 g/mol. The zero-order valence-electron chi connectivity index (χ0n) is 13.1. The quantitative estimate of drug-likeness (QED) is 0.922. The van der Waals surface area contributed by atoms with Gasteiger partial charge in [-0.1, -0.05) is 24.3 Å². The number of hydrogen-bond acceptors (Lipinski definition) is 3. The Labute approximate surface area is 131 Å². The number of nitrogens with one attached hydrogen (secondary N) is 1. The van der Waals surface area contributed by atoms with E-state index in [1.807, 2.05) is 0 Å². The molecular formula is C19H21NO2. The molecule has 2 aromatic carbocycles. The van der Waals surface area contributed by atoms with Crippen LogP contribution in [-0.4, -0.2) is 20.3 Å². The molecular weight excluding hydrogens is 274 g/mol. The lowest BCUT2D eigenvalue weighted by Gasteiger charge is -2.31. The molecule has 2 aliphatic rings. The third kappa shape index (κ3) is 2.08. The van der Waals surface area contributed by atoms with Crippen LogP contribution in [0.5, 0.6) is 11.5 Å². The minimum Gasteiger partial charge on any atom is -0.493 e. The predicted octanol–water partition coefficient (Wildman–Crippen LogP) is 3.25. The second kappa shape index (κ2) is 5.33. The lowest BCUT2D eigenvalue weighted by molar-refractivity contribution is 0.352. The third-order valence-electron chi connectivity index (χ3n) is 5.02. The molecule has 0 aromatic heterocycles. The first kappa shape index (κ1) is 13.6. The first-order valence-corrected chi connectivity index (χ1v) is 7.86. The minimum absolute atomic E-state index is 0.444. The summed E-state index contributed by atoms with van der Waals surface area (Å²) >= 11 is 0. The monoisotopic (exact) mass is 295 g/mol. The molecule has 0 spiro atoms. The summed E-state index contributed by atoms with van der Waals surface area (Å²) in [6, 6.07) is 13.7. The summed E-state index contributed by atoms with van der Waals surface area (Å²) in [7, 11) is 3.41. The summed E-state index contributed by atoms with van der Waals surface area (Å²) in [5.41, 5.74) is 5.64. The highest BCUT2D eigenvalue weighted by Gasteiger charge is 2.32. The van der Waals surface area contributed by atoms with E-state index in [-0.39, 0.29) is 0 Å². The zero-order valence-corrected chi connectivity index (χ0v) is 13.1. The van der Waals surface area contributed by atoms with Crippen molar-refractivity contribution in [1.29, 1.82) is 0 Å². The second-order valence-corrected chi connectivity index (χ2v) is 6.18. The van der Waals surface area contributed by atoms with Gasteiger partial charge in [0, 0.05) is 18.5 Å². The zero-order chi connectivity index (χ0) is 15.1. The van der Waals surface area contributed by atoms with E-state index in [1.165, 1.54) is 22.3 Å². The molecule has 22 heavy (non-hydrogen) atoms. The maximum absolute atomic E-state index is 5.52. The summed E-state index contributed by atoms with van der Waals surface area (Å²) < 4.78 is 11.0. The molecule has 3 heteroatoms. The maximum atomic E-state index is 5.52. The standard InChI is InChI=1S/C19H21NO2/c1-21-18-8-13-7-14-9-17(16(13)10-19(18)22-2)15-6-4-3-5-12(15)11-20-14/h3-6,8,10,14,17,20H,7,9,11H2,1-2H3/t14-,17+/m0/s1. The van der Waals surface area contributed by atoms with E-state index in [0.717, 1.165) is 30.9 Å². The van der Waals surface area contributed by atoms with Crippen molar-refractivity contribution in [1.82, 2.24) is 5.32 Å². The van der Waals surface area contributed by atoms with Crippen LogP contribution in [-0.2, 0) is 13.0 Å². The van der Waals surface area contributed by atoms with Crippen molar-refractivity contribution in [2.24, 2.45) is 0 Å². The van der Waals surface area contributed by atoms with E-state index < -0.39 is 0 Å². The Morgan fingerprint density at radius 3 is 2.55 bits per heavy atom. The molecule has 1 N–H and O–H groups in total. The van der Waals surface area contributed by atoms with Crippen LogP contribution in [0.25, 0.3) is 0 Å². The van der Waals surface area contributed by atoms with Gasteiger partial charge in [-0.3, -0.25) is 0 Å². The van der Waals surface area contributed by atoms with Gasteiger partial charge in [0.1, 0.15) is 0 Å². The van der Waals surface area contributed by atoms with Crippen molar-refractivity contribution in [3.63, 3.8) is 0 Å². The van der Waals surface area contributed by atoms with Crippen LogP contribution >= 0.6 is 0 Å². The molecule has 2 aromatic rings. The summed E-state index contributed by atoms with van der Waals surface area (Å²) in [5.74, 6) is 2.10. The highest BCUT2D eigenvalue weighted by Crippen LogP contribution is 2.44. The maximum Gasteiger partial charge on any atom is 0.161 e. The SMILES string of the molecule is COc1cc2c(cc1OC)[C@@H]1C[C@H](C2)NCc2ccccc21. The van der Waals surface area contributed by atoms with Crippen LogP contribution in [0.1, 0.15) is 34.6 Å². The molecule has 0 radical (unpaired) electrons. The molecule has 3 nitrogen and oxygen atoms in total. The molecule has 0 saturated heterocycles. The van der Waals surface area contributed by atoms with Gasteiger partial charge in [0.15, 0.2) is 11.5 Å². The van der Waals surface area contributed by atoms with Crippen LogP contribution in [0.3, 0.4) is 0 Å². The fourth-order valence-electron chi connectivity index (χ4n) is 3.94. The fourth-order valence-corrected chi connectivity index (χ4v) is 3.94. The van der Waals surface area contributed by atoms with Crippen molar-refractivity contribution in [3.05, 3.63) is 58.7 Å². The van der Waals surface area contributed by atoms with Gasteiger partial charge in [-0.2, -0.15) is 0 Å². The van der Waals surface area contributed by atoms with E-state index in [2.05, 4.69) is 41.7 Å². The number of methoxy groups -OCH3 is 2. The first-order chi connectivity index (χ1) is 10.8. The summed E-state index contributed by atoms with van der Waals surface area (Å²) in [5, 5.41) is 3.70. The Kier molecular flexibility index (Phi) is 3.30. The number of ether oxygens (including phenoxy) is 2. The molecule has 0 unspecified atom stereocenters. The number of benzene rings is 2. The summed E-state index contributed by atoms with van der Waals surface area (Å²) in [6.45, 7) is 0.958. The Morgan fingerprint density at radius 2 is 1.73 bits per heavy atom. The number of hydrogen-bond donors (Lipinski definition) is 1. The smallest absolute Gasteiger partial charge is 0.161 e. The second-order valence-electron chi connectivity index (χ2n) is 6.18. The summed E-state index contributed by atoms with van der Waals surface area (Å²) in [4.78, 5) is 0. The lowest BCUT2D eigenvalue weighted by Crippen LogP contribution is -2.33. The van der Waals surface area contributed by atoms with E-state index in [1.54, 1.807) is 14.2 Å². The molecule has 114 valence electrons. The molecule has 1 aliphatic heterocycles. The third-order valence-corrected chi connectivity index (χ3v) is 5.02. The van der Waals surface area contributed by atoms with Crippen molar-refractivity contribution >= 4 is 0 Å². The van der Waals surface area contributed by atoms with Crippen molar-refractivity contribution in [2.75, 3.05) is 14.2 Å². The molecule has 0 saturated carbocycles. The molecule has 2 bridgehead atoms. The largest absolute Gasteiger partial charge is 0.493 e. The number of rotatable bonds is 2. The highest BCUT2D eigenvalue weighted by atomic mass is 16.5. The van der Waals surface area contributed by atoms with E-state index in [0.29, 0.717) is 12.0 Å². The predicted molar refractivity (Wildman–Crippen MR) is 86.8 cm³/mol. The van der Waals surface area contributed by atoms with Gasteiger partial charge >= 0.3 is 0 Å². The van der Waals surface area contributed by atoms with E-state index in [9.17, 15) is 0 Å². The van der Waals surface area contributed by atoms with E-state index >= 15 is 0 Å². The van der Waals surface area contributed by atoms with E-state index in [4.69, 9.17) is 9.47 Å².